The lowest BCUT2D eigenvalue weighted by Gasteiger charge is -2.39. The maximum atomic E-state index is 14.3. The Morgan fingerprint density at radius 3 is 2.41 bits per heavy atom. The van der Waals surface area contributed by atoms with Gasteiger partial charge in [0.15, 0.2) is 0 Å². The van der Waals surface area contributed by atoms with Crippen molar-refractivity contribution in [1.82, 2.24) is 15.1 Å². The number of hydrogen-bond donors (Lipinski definition) is 2. The molecule has 2 heterocycles. The van der Waals surface area contributed by atoms with Gasteiger partial charge in [-0.2, -0.15) is 0 Å². The van der Waals surface area contributed by atoms with Gasteiger partial charge in [0.05, 0.1) is 11.9 Å². The first kappa shape index (κ1) is 22.2. The van der Waals surface area contributed by atoms with Crippen LogP contribution in [0.1, 0.15) is 18.1 Å². The first-order valence-corrected chi connectivity index (χ1v) is 11.8. The lowest BCUT2D eigenvalue weighted by Crippen LogP contribution is -2.49. The molecular weight excluding hydrogens is 429 g/mol. The van der Waals surface area contributed by atoms with Gasteiger partial charge in [0.2, 0.25) is 0 Å². The Bertz CT molecular complexity index is 1120. The zero-order valence-electron chi connectivity index (χ0n) is 17.5. The number of hydrogen-bond acceptors (Lipinski definition) is 6. The lowest BCUT2D eigenvalue weighted by molar-refractivity contribution is -0.133. The van der Waals surface area contributed by atoms with Crippen LogP contribution in [0.2, 0.25) is 0 Å². The van der Waals surface area contributed by atoms with E-state index in [9.17, 15) is 14.6 Å². The summed E-state index contributed by atoms with van der Waals surface area (Å²) in [6.07, 6.45) is 3.57. The molecule has 0 bridgehead atoms. The molecule has 4 rings (SSSR count). The van der Waals surface area contributed by atoms with E-state index < -0.39 is 19.5 Å². The Labute approximate surface area is 186 Å². The molecule has 1 aliphatic heterocycles. The Morgan fingerprint density at radius 1 is 1.09 bits per heavy atom. The minimum Gasteiger partial charge on any atom is -0.457 e. The van der Waals surface area contributed by atoms with E-state index in [1.165, 1.54) is 0 Å². The van der Waals surface area contributed by atoms with Crippen molar-refractivity contribution in [2.24, 2.45) is 0 Å². The standard InChI is InChI=1S/C23H24N3O5P/c1-2-30-32(29,21-9-7-19(8-10-21)31-20-11-13-24-14-12-20)26-16-18-6-4-3-5-17(18)15-22(26)23(27)25-28/h3-14,22,28H,2,15-16H2,1H3,(H,25,27). The van der Waals surface area contributed by atoms with Crippen LogP contribution in [0, 0.1) is 0 Å². The average Bonchev–Trinajstić information content (AvgIpc) is 2.84. The van der Waals surface area contributed by atoms with Crippen LogP contribution < -0.4 is 15.5 Å². The number of amides is 1. The van der Waals surface area contributed by atoms with Crippen LogP contribution in [0.25, 0.3) is 0 Å². The summed E-state index contributed by atoms with van der Waals surface area (Å²) in [4.78, 5) is 16.5. The van der Waals surface area contributed by atoms with E-state index in [1.807, 2.05) is 24.3 Å². The monoisotopic (exact) mass is 453 g/mol. The minimum atomic E-state index is -3.63. The minimum absolute atomic E-state index is 0.193. The molecule has 0 saturated heterocycles. The summed E-state index contributed by atoms with van der Waals surface area (Å²) < 4.78 is 27.4. The summed E-state index contributed by atoms with van der Waals surface area (Å²) >= 11 is 0. The van der Waals surface area contributed by atoms with E-state index in [4.69, 9.17) is 9.26 Å². The number of aromatic nitrogens is 1. The molecule has 1 amide bonds. The van der Waals surface area contributed by atoms with Crippen molar-refractivity contribution in [3.63, 3.8) is 0 Å². The maximum absolute atomic E-state index is 14.3. The first-order valence-electron chi connectivity index (χ1n) is 10.3. The Hall–Kier alpha value is -3.03. The van der Waals surface area contributed by atoms with Crippen LogP contribution in [0.4, 0.5) is 0 Å². The summed E-state index contributed by atoms with van der Waals surface area (Å²) in [5, 5.41) is 9.76. The lowest BCUT2D eigenvalue weighted by atomic mass is 9.95. The largest absolute Gasteiger partial charge is 0.457 e. The number of nitrogens with zero attached hydrogens (tertiary/aromatic N) is 2. The molecule has 1 aliphatic rings. The molecule has 2 unspecified atom stereocenters. The molecule has 166 valence electrons. The van der Waals surface area contributed by atoms with Crippen LogP contribution in [0.15, 0.2) is 73.1 Å². The van der Waals surface area contributed by atoms with Gasteiger partial charge >= 0.3 is 7.52 Å². The zero-order valence-corrected chi connectivity index (χ0v) is 18.4. The van der Waals surface area contributed by atoms with Crippen molar-refractivity contribution >= 4 is 18.7 Å². The first-order chi connectivity index (χ1) is 15.5. The van der Waals surface area contributed by atoms with Gasteiger partial charge in [-0.15, -0.1) is 0 Å². The summed E-state index contributed by atoms with van der Waals surface area (Å²) in [6, 6.07) is 17.1. The van der Waals surface area contributed by atoms with E-state index in [1.54, 1.807) is 65.9 Å². The van der Waals surface area contributed by atoms with Gasteiger partial charge in [0.25, 0.3) is 5.91 Å². The highest BCUT2D eigenvalue weighted by Gasteiger charge is 2.44. The molecule has 32 heavy (non-hydrogen) atoms. The topological polar surface area (TPSA) is 101 Å². The van der Waals surface area contributed by atoms with E-state index in [-0.39, 0.29) is 13.2 Å². The van der Waals surface area contributed by atoms with Gasteiger partial charge in [-0.25, -0.2) is 10.2 Å². The highest BCUT2D eigenvalue weighted by atomic mass is 31.2. The van der Waals surface area contributed by atoms with Gasteiger partial charge < -0.3 is 9.26 Å². The van der Waals surface area contributed by atoms with E-state index in [0.717, 1.165) is 11.1 Å². The fraction of sp³-hybridized carbons (Fsp3) is 0.217. The number of carbonyl (C=O) groups excluding carboxylic acids is 1. The van der Waals surface area contributed by atoms with Crippen molar-refractivity contribution in [3.05, 3.63) is 84.2 Å². The van der Waals surface area contributed by atoms with Crippen LogP contribution in [-0.4, -0.2) is 33.4 Å². The summed E-state index contributed by atoms with van der Waals surface area (Å²) in [5.41, 5.74) is 3.65. The maximum Gasteiger partial charge on any atom is 0.303 e. The van der Waals surface area contributed by atoms with Crippen LogP contribution in [-0.2, 0) is 26.8 Å². The van der Waals surface area contributed by atoms with Crippen molar-refractivity contribution in [1.29, 1.82) is 0 Å². The highest BCUT2D eigenvalue weighted by molar-refractivity contribution is 7.64. The number of pyridine rings is 1. The van der Waals surface area contributed by atoms with Gasteiger partial charge in [0.1, 0.15) is 17.5 Å². The molecule has 0 saturated carbocycles. The molecule has 2 atom stereocenters. The SMILES string of the molecule is CCOP(=O)(c1ccc(Oc2ccncc2)cc1)N1Cc2ccccc2CC1C(=O)NO. The van der Waals surface area contributed by atoms with E-state index >= 15 is 0 Å². The molecule has 9 heteroatoms. The van der Waals surface area contributed by atoms with Gasteiger partial charge in [-0.05, 0) is 60.9 Å². The third-order valence-corrected chi connectivity index (χ3v) is 7.98. The Balaban J connectivity index is 1.68. The molecule has 1 aromatic heterocycles. The van der Waals surface area contributed by atoms with E-state index in [0.29, 0.717) is 23.2 Å². The molecule has 0 radical (unpaired) electrons. The molecule has 3 aromatic rings. The quantitative estimate of drug-likeness (QED) is 0.320. The predicted molar refractivity (Wildman–Crippen MR) is 119 cm³/mol. The number of ether oxygens (including phenoxy) is 1. The Kier molecular flexibility index (Phi) is 6.67. The number of nitrogens with one attached hydrogen (secondary N) is 1. The normalized spacial score (nSPS) is 17.8. The summed E-state index contributed by atoms with van der Waals surface area (Å²) in [5.74, 6) is 0.571. The van der Waals surface area contributed by atoms with Crippen molar-refractivity contribution in [2.45, 2.75) is 25.9 Å². The second kappa shape index (κ2) is 9.63. The Morgan fingerprint density at radius 2 is 1.75 bits per heavy atom. The fourth-order valence-electron chi connectivity index (χ4n) is 3.81. The second-order valence-electron chi connectivity index (χ2n) is 7.28. The van der Waals surface area contributed by atoms with Crippen molar-refractivity contribution < 1.29 is 23.8 Å². The molecule has 2 N–H and O–H groups in total. The summed E-state index contributed by atoms with van der Waals surface area (Å²) in [6.45, 7) is 2.20. The third kappa shape index (κ3) is 4.45. The molecule has 8 nitrogen and oxygen atoms in total. The number of benzene rings is 2. The van der Waals surface area contributed by atoms with Gasteiger partial charge in [0, 0.05) is 18.9 Å². The predicted octanol–water partition coefficient (Wildman–Crippen LogP) is 3.66. The van der Waals surface area contributed by atoms with Crippen LogP contribution >= 0.6 is 7.52 Å². The second-order valence-corrected chi connectivity index (χ2v) is 9.61. The van der Waals surface area contributed by atoms with Crippen LogP contribution in [0.3, 0.4) is 0 Å². The number of rotatable bonds is 7. The zero-order chi connectivity index (χ0) is 22.6. The van der Waals surface area contributed by atoms with E-state index in [2.05, 4.69) is 4.98 Å². The molecule has 0 spiro atoms. The van der Waals surface area contributed by atoms with Gasteiger partial charge in [-0.3, -0.25) is 19.6 Å². The van der Waals surface area contributed by atoms with Gasteiger partial charge in [-0.1, -0.05) is 24.3 Å². The van der Waals surface area contributed by atoms with Crippen molar-refractivity contribution in [3.8, 4) is 11.5 Å². The van der Waals surface area contributed by atoms with Crippen molar-refractivity contribution in [2.75, 3.05) is 6.61 Å². The number of hydroxylamine groups is 1. The third-order valence-electron chi connectivity index (χ3n) is 5.33. The molecule has 0 aliphatic carbocycles. The fourth-order valence-corrected chi connectivity index (χ4v) is 6.17. The molecule has 2 aromatic carbocycles. The number of carbonyl (C=O) groups is 1. The molecular formula is C23H24N3O5P. The smallest absolute Gasteiger partial charge is 0.303 e. The summed E-state index contributed by atoms with van der Waals surface area (Å²) in [7, 11) is -3.63. The average molecular weight is 453 g/mol. The molecule has 0 fully saturated rings. The number of fused-ring (bicyclic) bond motifs is 1. The van der Waals surface area contributed by atoms with Crippen LogP contribution in [0.5, 0.6) is 11.5 Å². The highest BCUT2D eigenvalue weighted by Crippen LogP contribution is 2.53.